The quantitative estimate of drug-likeness (QED) is 0.632. The minimum absolute atomic E-state index is 0.0564. The maximum Gasteiger partial charge on any atom is 0.139 e. The molecule has 0 bridgehead atoms. The topological polar surface area (TPSA) is 34.1 Å². The van der Waals surface area contributed by atoms with Crippen LogP contribution in [0.25, 0.3) is 0 Å². The summed E-state index contributed by atoms with van der Waals surface area (Å²) >= 11 is 0. The van der Waals surface area contributed by atoms with Crippen LogP contribution in [-0.4, -0.2) is 11.6 Å². The lowest BCUT2D eigenvalue weighted by Crippen LogP contribution is -2.51. The minimum Gasteiger partial charge on any atom is -0.300 e. The van der Waals surface area contributed by atoms with Gasteiger partial charge in [0.1, 0.15) is 11.6 Å². The molecule has 2 nitrogen and oxygen atoms in total. The number of allylic oxidation sites excluding steroid dienone is 2. The third-order valence-corrected chi connectivity index (χ3v) is 7.69. The van der Waals surface area contributed by atoms with Gasteiger partial charge in [-0.2, -0.15) is 0 Å². The monoisotopic (exact) mass is 286 g/mol. The predicted molar refractivity (Wildman–Crippen MR) is 81.6 cm³/mol. The van der Waals surface area contributed by atoms with Crippen LogP contribution in [-0.2, 0) is 9.59 Å². The first-order valence-corrected chi connectivity index (χ1v) is 8.68. The summed E-state index contributed by atoms with van der Waals surface area (Å²) in [5.41, 5.74) is 0.236. The largest absolute Gasteiger partial charge is 0.300 e. The van der Waals surface area contributed by atoms with E-state index in [-0.39, 0.29) is 5.41 Å². The van der Waals surface area contributed by atoms with E-state index in [0.717, 1.165) is 38.5 Å². The lowest BCUT2D eigenvalue weighted by molar-refractivity contribution is -0.134. The Morgan fingerprint density at radius 3 is 2.62 bits per heavy atom. The normalized spacial score (nSPS) is 52.3. The molecule has 4 aliphatic carbocycles. The van der Waals surface area contributed by atoms with Crippen LogP contribution in [0.15, 0.2) is 12.2 Å². The van der Waals surface area contributed by atoms with Gasteiger partial charge in [-0.3, -0.25) is 9.59 Å². The van der Waals surface area contributed by atoms with Crippen molar-refractivity contribution in [3.63, 3.8) is 0 Å². The van der Waals surface area contributed by atoms with E-state index < -0.39 is 0 Å². The molecule has 6 atom stereocenters. The summed E-state index contributed by atoms with van der Waals surface area (Å²) in [5, 5.41) is 0. The molecule has 0 saturated heterocycles. The molecule has 0 N–H and O–H groups in total. The van der Waals surface area contributed by atoms with Gasteiger partial charge in [0, 0.05) is 24.7 Å². The van der Waals surface area contributed by atoms with Crippen LogP contribution in [0.2, 0.25) is 0 Å². The first-order chi connectivity index (χ1) is 9.95. The molecule has 0 heterocycles. The first kappa shape index (κ1) is 13.7. The molecule has 4 rings (SSSR count). The number of fused-ring (bicyclic) bond motifs is 5. The van der Waals surface area contributed by atoms with Gasteiger partial charge in [0.05, 0.1) is 0 Å². The van der Waals surface area contributed by atoms with Crippen LogP contribution < -0.4 is 0 Å². The maximum atomic E-state index is 12.3. The van der Waals surface area contributed by atoms with Crippen molar-refractivity contribution in [3.05, 3.63) is 12.2 Å². The standard InChI is InChI=1S/C19H26O2/c1-18-9-7-13(20)11-12(18)3-4-14-15-5-6-17(21)19(15,2)10-8-16(14)18/h3-4,12,14-16H,5-11H2,1-2H3/t12?,14?,15?,16?,18-,19-/m0/s1. The zero-order valence-electron chi connectivity index (χ0n) is 13.2. The summed E-state index contributed by atoms with van der Waals surface area (Å²) in [5.74, 6) is 3.20. The molecule has 3 saturated carbocycles. The van der Waals surface area contributed by atoms with E-state index in [1.807, 2.05) is 0 Å². The molecule has 0 radical (unpaired) electrons. The molecule has 4 aliphatic rings. The SMILES string of the molecule is C[C@]12CCC(=O)CC1C=CC1C2CC[C@]2(C)C(=O)CCC12. The molecule has 3 fully saturated rings. The summed E-state index contributed by atoms with van der Waals surface area (Å²) in [6, 6.07) is 0. The van der Waals surface area contributed by atoms with E-state index in [1.54, 1.807) is 0 Å². The number of carbonyl (C=O) groups excluding carboxylic acids is 2. The Morgan fingerprint density at radius 1 is 1.00 bits per heavy atom. The number of hydrogen-bond acceptors (Lipinski definition) is 2. The Labute approximate surface area is 127 Å². The fourth-order valence-electron chi connectivity index (χ4n) is 6.19. The highest BCUT2D eigenvalue weighted by molar-refractivity contribution is 5.87. The minimum atomic E-state index is -0.0564. The highest BCUT2D eigenvalue weighted by atomic mass is 16.1. The van der Waals surface area contributed by atoms with E-state index in [4.69, 9.17) is 0 Å². The van der Waals surface area contributed by atoms with Gasteiger partial charge in [0.2, 0.25) is 0 Å². The molecular weight excluding hydrogens is 260 g/mol. The fraction of sp³-hybridized carbons (Fsp3) is 0.789. The maximum absolute atomic E-state index is 12.3. The Bertz CT molecular complexity index is 534. The lowest BCUT2D eigenvalue weighted by atomic mass is 9.47. The van der Waals surface area contributed by atoms with E-state index in [2.05, 4.69) is 26.0 Å². The highest BCUT2D eigenvalue weighted by Gasteiger charge is 2.58. The Morgan fingerprint density at radius 2 is 1.81 bits per heavy atom. The number of hydrogen-bond donors (Lipinski definition) is 0. The smallest absolute Gasteiger partial charge is 0.139 e. The van der Waals surface area contributed by atoms with Crippen molar-refractivity contribution >= 4 is 11.6 Å². The van der Waals surface area contributed by atoms with Gasteiger partial charge in [0.15, 0.2) is 0 Å². The van der Waals surface area contributed by atoms with Crippen molar-refractivity contribution in [2.24, 2.45) is 34.5 Å². The second kappa shape index (κ2) is 4.30. The fourth-order valence-corrected chi connectivity index (χ4v) is 6.19. The average molecular weight is 286 g/mol. The van der Waals surface area contributed by atoms with Crippen LogP contribution >= 0.6 is 0 Å². The van der Waals surface area contributed by atoms with Crippen LogP contribution in [0.5, 0.6) is 0 Å². The van der Waals surface area contributed by atoms with Gasteiger partial charge in [-0.15, -0.1) is 0 Å². The second-order valence-electron chi connectivity index (χ2n) is 8.45. The molecule has 0 amide bonds. The van der Waals surface area contributed by atoms with Crippen molar-refractivity contribution in [2.75, 3.05) is 0 Å². The third kappa shape index (κ3) is 1.71. The zero-order valence-corrected chi connectivity index (χ0v) is 13.2. The van der Waals surface area contributed by atoms with Gasteiger partial charge >= 0.3 is 0 Å². The van der Waals surface area contributed by atoms with E-state index in [1.165, 1.54) is 6.42 Å². The molecular formula is C19H26O2. The molecule has 2 heteroatoms. The summed E-state index contributed by atoms with van der Waals surface area (Å²) in [6.45, 7) is 4.64. The van der Waals surface area contributed by atoms with Crippen molar-refractivity contribution in [1.82, 2.24) is 0 Å². The van der Waals surface area contributed by atoms with Crippen LogP contribution in [0.4, 0.5) is 0 Å². The van der Waals surface area contributed by atoms with Gasteiger partial charge < -0.3 is 0 Å². The van der Waals surface area contributed by atoms with Crippen LogP contribution in [0.1, 0.15) is 58.8 Å². The van der Waals surface area contributed by atoms with Gasteiger partial charge in [0.25, 0.3) is 0 Å². The number of ketones is 2. The van der Waals surface area contributed by atoms with E-state index >= 15 is 0 Å². The molecule has 0 aromatic carbocycles. The van der Waals surface area contributed by atoms with Crippen molar-refractivity contribution in [1.29, 1.82) is 0 Å². The average Bonchev–Trinajstić information content (AvgIpc) is 2.76. The Balaban J connectivity index is 1.71. The first-order valence-electron chi connectivity index (χ1n) is 8.68. The van der Waals surface area contributed by atoms with Crippen molar-refractivity contribution < 1.29 is 9.59 Å². The summed E-state index contributed by atoms with van der Waals surface area (Å²) in [4.78, 5) is 24.2. The van der Waals surface area contributed by atoms with Gasteiger partial charge in [-0.25, -0.2) is 0 Å². The third-order valence-electron chi connectivity index (χ3n) is 7.69. The summed E-state index contributed by atoms with van der Waals surface area (Å²) < 4.78 is 0. The van der Waals surface area contributed by atoms with Crippen LogP contribution in [0, 0.1) is 34.5 Å². The highest BCUT2D eigenvalue weighted by Crippen LogP contribution is 2.63. The Hall–Kier alpha value is -0.920. The number of carbonyl (C=O) groups is 2. The van der Waals surface area contributed by atoms with Crippen molar-refractivity contribution in [3.8, 4) is 0 Å². The molecule has 0 aliphatic heterocycles. The lowest BCUT2D eigenvalue weighted by Gasteiger charge is -2.56. The zero-order chi connectivity index (χ0) is 14.8. The Kier molecular flexibility index (Phi) is 2.81. The predicted octanol–water partition coefficient (Wildman–Crippen LogP) is 3.94. The second-order valence-corrected chi connectivity index (χ2v) is 8.45. The molecule has 0 aromatic rings. The number of Topliss-reactive ketones (excluding diaryl/α,β-unsaturated/α-hetero) is 2. The summed E-state index contributed by atoms with van der Waals surface area (Å²) in [6.07, 6.45) is 11.4. The van der Waals surface area contributed by atoms with E-state index in [9.17, 15) is 9.59 Å². The molecule has 0 aromatic heterocycles. The van der Waals surface area contributed by atoms with E-state index in [0.29, 0.717) is 40.7 Å². The molecule has 0 spiro atoms. The molecule has 21 heavy (non-hydrogen) atoms. The molecule has 4 unspecified atom stereocenters. The summed E-state index contributed by atoms with van der Waals surface area (Å²) in [7, 11) is 0. The van der Waals surface area contributed by atoms with Crippen molar-refractivity contribution in [2.45, 2.75) is 58.8 Å². The van der Waals surface area contributed by atoms with Gasteiger partial charge in [-0.1, -0.05) is 26.0 Å². The molecule has 114 valence electrons. The van der Waals surface area contributed by atoms with Crippen LogP contribution in [0.3, 0.4) is 0 Å². The number of rotatable bonds is 0. The van der Waals surface area contributed by atoms with Gasteiger partial charge in [-0.05, 0) is 54.8 Å².